The first-order valence-electron chi connectivity index (χ1n) is 9.19. The molecule has 6 nitrogen and oxygen atoms in total. The number of amides is 1. The first-order chi connectivity index (χ1) is 14.4. The molecule has 4 rings (SSSR count). The maximum Gasteiger partial charge on any atom is 0.257 e. The van der Waals surface area contributed by atoms with Gasteiger partial charge in [-0.2, -0.15) is 0 Å². The van der Waals surface area contributed by atoms with Crippen molar-refractivity contribution < 1.29 is 13.2 Å². The Morgan fingerprint density at radius 3 is 2.40 bits per heavy atom. The third-order valence-corrected chi connectivity index (χ3v) is 6.00. The molecule has 0 fully saturated rings. The van der Waals surface area contributed by atoms with Gasteiger partial charge in [0.2, 0.25) is 10.0 Å². The van der Waals surface area contributed by atoms with E-state index in [1.807, 2.05) is 42.5 Å². The van der Waals surface area contributed by atoms with E-state index in [2.05, 4.69) is 21.1 Å². The molecule has 8 heteroatoms. The van der Waals surface area contributed by atoms with Crippen LogP contribution in [0.2, 0.25) is 0 Å². The largest absolute Gasteiger partial charge is 0.322 e. The molecule has 0 unspecified atom stereocenters. The summed E-state index contributed by atoms with van der Waals surface area (Å²) in [5.74, 6) is -0.388. The van der Waals surface area contributed by atoms with Gasteiger partial charge in [0, 0.05) is 12.1 Å². The molecule has 4 aromatic rings. The number of thiazole rings is 1. The average Bonchev–Trinajstić information content (AvgIpc) is 3.11. The van der Waals surface area contributed by atoms with Crippen molar-refractivity contribution in [2.75, 3.05) is 16.3 Å². The standard InChI is InChI=1S/C22H19N3O3S2/c1-30(27,28)25-18-7-3-2-6-17(18)22(26)23-16-12-10-15(11-13-16)14-21-24-19-8-4-5-9-20(19)29-21/h2-13,25H,14H2,1H3,(H,23,26). The zero-order valence-electron chi connectivity index (χ0n) is 16.1. The Kier molecular flexibility index (Phi) is 5.52. The summed E-state index contributed by atoms with van der Waals surface area (Å²) in [5.41, 5.74) is 3.21. The molecule has 2 N–H and O–H groups in total. The van der Waals surface area contributed by atoms with E-state index in [4.69, 9.17) is 0 Å². The van der Waals surface area contributed by atoms with E-state index in [0.717, 1.165) is 27.0 Å². The summed E-state index contributed by atoms with van der Waals surface area (Å²) in [6.07, 6.45) is 1.76. The predicted octanol–water partition coefficient (Wildman–Crippen LogP) is 4.51. The van der Waals surface area contributed by atoms with Crippen molar-refractivity contribution in [1.82, 2.24) is 4.98 Å². The van der Waals surface area contributed by atoms with Crippen molar-refractivity contribution in [3.8, 4) is 0 Å². The Bertz CT molecular complexity index is 1280. The molecule has 0 aliphatic carbocycles. The number of hydrogen-bond acceptors (Lipinski definition) is 5. The number of carbonyl (C=O) groups is 1. The summed E-state index contributed by atoms with van der Waals surface area (Å²) >= 11 is 1.67. The van der Waals surface area contributed by atoms with Gasteiger partial charge in [-0.25, -0.2) is 13.4 Å². The minimum atomic E-state index is -3.49. The Morgan fingerprint density at radius 2 is 1.67 bits per heavy atom. The van der Waals surface area contributed by atoms with E-state index >= 15 is 0 Å². The van der Waals surface area contributed by atoms with Crippen LogP contribution in [0.25, 0.3) is 10.2 Å². The zero-order chi connectivity index (χ0) is 21.1. The number of benzene rings is 3. The van der Waals surface area contributed by atoms with Crippen LogP contribution in [0.5, 0.6) is 0 Å². The highest BCUT2D eigenvalue weighted by Gasteiger charge is 2.14. The lowest BCUT2D eigenvalue weighted by Gasteiger charge is -2.11. The van der Waals surface area contributed by atoms with E-state index in [0.29, 0.717) is 12.1 Å². The summed E-state index contributed by atoms with van der Waals surface area (Å²) < 4.78 is 26.6. The summed E-state index contributed by atoms with van der Waals surface area (Å²) in [5, 5.41) is 3.85. The number of fused-ring (bicyclic) bond motifs is 1. The van der Waals surface area contributed by atoms with Gasteiger partial charge >= 0.3 is 0 Å². The molecule has 1 heterocycles. The Hall–Kier alpha value is -3.23. The number of nitrogens with zero attached hydrogens (tertiary/aromatic N) is 1. The molecule has 0 aliphatic rings. The zero-order valence-corrected chi connectivity index (χ0v) is 17.8. The quantitative estimate of drug-likeness (QED) is 0.465. The lowest BCUT2D eigenvalue weighted by atomic mass is 10.1. The van der Waals surface area contributed by atoms with Gasteiger partial charge in [-0.05, 0) is 42.0 Å². The van der Waals surface area contributed by atoms with Crippen LogP contribution in [0.15, 0.2) is 72.8 Å². The highest BCUT2D eigenvalue weighted by molar-refractivity contribution is 7.92. The summed E-state index contributed by atoms with van der Waals surface area (Å²) in [7, 11) is -3.49. The molecule has 30 heavy (non-hydrogen) atoms. The third-order valence-electron chi connectivity index (χ3n) is 4.37. The number of hydrogen-bond donors (Lipinski definition) is 2. The topological polar surface area (TPSA) is 88.2 Å². The summed E-state index contributed by atoms with van der Waals surface area (Å²) in [4.78, 5) is 17.3. The monoisotopic (exact) mass is 437 g/mol. The number of aromatic nitrogens is 1. The number of nitrogens with one attached hydrogen (secondary N) is 2. The van der Waals surface area contributed by atoms with Crippen LogP contribution in [0.4, 0.5) is 11.4 Å². The summed E-state index contributed by atoms with van der Waals surface area (Å²) in [6, 6.07) is 22.1. The van der Waals surface area contributed by atoms with E-state index in [1.165, 1.54) is 0 Å². The molecule has 0 bridgehead atoms. The third kappa shape index (κ3) is 4.84. The van der Waals surface area contributed by atoms with E-state index in [1.54, 1.807) is 35.6 Å². The van der Waals surface area contributed by atoms with Gasteiger partial charge in [0.1, 0.15) is 0 Å². The van der Waals surface area contributed by atoms with Crippen LogP contribution in [-0.4, -0.2) is 25.6 Å². The van der Waals surface area contributed by atoms with E-state index < -0.39 is 10.0 Å². The first kappa shape index (κ1) is 20.1. The van der Waals surface area contributed by atoms with Crippen LogP contribution in [0.1, 0.15) is 20.9 Å². The molecule has 0 aliphatic heterocycles. The van der Waals surface area contributed by atoms with Gasteiger partial charge in [0.25, 0.3) is 5.91 Å². The van der Waals surface area contributed by atoms with Gasteiger partial charge in [-0.3, -0.25) is 9.52 Å². The van der Waals surface area contributed by atoms with Crippen molar-refractivity contribution in [1.29, 1.82) is 0 Å². The minimum absolute atomic E-state index is 0.241. The molecule has 3 aromatic carbocycles. The van der Waals surface area contributed by atoms with Gasteiger partial charge in [-0.15, -0.1) is 11.3 Å². The first-order valence-corrected chi connectivity index (χ1v) is 11.9. The summed E-state index contributed by atoms with van der Waals surface area (Å²) in [6.45, 7) is 0. The molecular weight excluding hydrogens is 418 g/mol. The lowest BCUT2D eigenvalue weighted by Crippen LogP contribution is -2.17. The normalized spacial score (nSPS) is 11.4. The van der Waals surface area contributed by atoms with Crippen LogP contribution in [-0.2, 0) is 16.4 Å². The van der Waals surface area contributed by atoms with Gasteiger partial charge in [0.05, 0.1) is 32.7 Å². The Balaban J connectivity index is 1.46. The van der Waals surface area contributed by atoms with Crippen LogP contribution >= 0.6 is 11.3 Å². The van der Waals surface area contributed by atoms with Crippen LogP contribution in [0.3, 0.4) is 0 Å². The number of carbonyl (C=O) groups excluding carboxylic acids is 1. The molecule has 1 amide bonds. The molecule has 0 atom stereocenters. The van der Waals surface area contributed by atoms with E-state index in [-0.39, 0.29) is 17.2 Å². The molecule has 152 valence electrons. The van der Waals surface area contributed by atoms with Crippen molar-refractivity contribution >= 4 is 48.9 Å². The smallest absolute Gasteiger partial charge is 0.257 e. The Labute approximate surface area is 178 Å². The number of para-hydroxylation sites is 2. The van der Waals surface area contributed by atoms with Crippen molar-refractivity contribution in [2.24, 2.45) is 0 Å². The highest BCUT2D eigenvalue weighted by Crippen LogP contribution is 2.24. The van der Waals surface area contributed by atoms with Crippen LogP contribution < -0.4 is 10.0 Å². The molecular formula is C22H19N3O3S2. The van der Waals surface area contributed by atoms with Crippen LogP contribution in [0, 0.1) is 0 Å². The maximum atomic E-state index is 12.6. The second kappa shape index (κ2) is 8.25. The minimum Gasteiger partial charge on any atom is -0.322 e. The van der Waals surface area contributed by atoms with Gasteiger partial charge in [-0.1, -0.05) is 36.4 Å². The fourth-order valence-electron chi connectivity index (χ4n) is 3.04. The van der Waals surface area contributed by atoms with Gasteiger partial charge in [0.15, 0.2) is 0 Å². The van der Waals surface area contributed by atoms with Crippen molar-refractivity contribution in [3.05, 3.63) is 88.9 Å². The molecule has 0 saturated carbocycles. The average molecular weight is 438 g/mol. The highest BCUT2D eigenvalue weighted by atomic mass is 32.2. The SMILES string of the molecule is CS(=O)(=O)Nc1ccccc1C(=O)Nc1ccc(Cc2nc3ccccc3s2)cc1. The van der Waals surface area contributed by atoms with Crippen molar-refractivity contribution in [3.63, 3.8) is 0 Å². The predicted molar refractivity (Wildman–Crippen MR) is 122 cm³/mol. The second-order valence-electron chi connectivity index (χ2n) is 6.82. The Morgan fingerprint density at radius 1 is 0.967 bits per heavy atom. The molecule has 0 spiro atoms. The fraction of sp³-hybridized carbons (Fsp3) is 0.0909. The molecule has 1 aromatic heterocycles. The number of sulfonamides is 1. The maximum absolute atomic E-state index is 12.6. The lowest BCUT2D eigenvalue weighted by molar-refractivity contribution is 0.102. The van der Waals surface area contributed by atoms with E-state index in [9.17, 15) is 13.2 Å². The number of anilines is 2. The van der Waals surface area contributed by atoms with Crippen molar-refractivity contribution in [2.45, 2.75) is 6.42 Å². The van der Waals surface area contributed by atoms with Gasteiger partial charge < -0.3 is 5.32 Å². The molecule has 0 saturated heterocycles. The second-order valence-corrected chi connectivity index (χ2v) is 9.69. The molecule has 0 radical (unpaired) electrons. The number of rotatable bonds is 6. The fourth-order valence-corrected chi connectivity index (χ4v) is 4.62.